The van der Waals surface area contributed by atoms with E-state index in [0.717, 1.165) is 16.9 Å². The Labute approximate surface area is 178 Å². The smallest absolute Gasteiger partial charge is 0.277 e. The van der Waals surface area contributed by atoms with Gasteiger partial charge in [0.15, 0.2) is 11.4 Å². The summed E-state index contributed by atoms with van der Waals surface area (Å²) in [5, 5.41) is 12.5. The van der Waals surface area contributed by atoms with Crippen molar-refractivity contribution >= 4 is 17.7 Å². The van der Waals surface area contributed by atoms with Gasteiger partial charge in [-0.1, -0.05) is 42.5 Å². The largest absolute Gasteiger partial charge is 0.502 e. The molecular weight excluding hydrogens is 398 g/mol. The lowest BCUT2D eigenvalue weighted by Crippen LogP contribution is -2.55. The van der Waals surface area contributed by atoms with Crippen LogP contribution in [0.25, 0.3) is 0 Å². The second-order valence-corrected chi connectivity index (χ2v) is 8.41. The number of carbonyl (C=O) groups is 1. The number of hydrogen-bond acceptors (Lipinski definition) is 5. The van der Waals surface area contributed by atoms with Gasteiger partial charge in [-0.25, -0.2) is 0 Å². The van der Waals surface area contributed by atoms with Crippen LogP contribution in [0.5, 0.6) is 5.75 Å². The lowest BCUT2D eigenvalue weighted by Gasteiger charge is -2.44. The van der Waals surface area contributed by atoms with Gasteiger partial charge in [-0.05, 0) is 29.7 Å². The Balaban J connectivity index is 1.78. The standard InChI is InChI=1S/C23H21N3O3S/c1-2-24-14-26(25-12-11-18(27)22(28)21(25)23(24)29)20-16-8-4-3-7-15(16)13-30-19-10-6-5-9-17(19)20/h3-12,20,28H,2,13-14H2,1H3. The van der Waals surface area contributed by atoms with Crippen molar-refractivity contribution in [3.8, 4) is 5.75 Å². The minimum atomic E-state index is -0.551. The average Bonchev–Trinajstić information content (AvgIpc) is 2.93. The number of benzene rings is 2. The number of pyridine rings is 1. The molecule has 1 aromatic heterocycles. The van der Waals surface area contributed by atoms with E-state index in [1.165, 1.54) is 16.5 Å². The summed E-state index contributed by atoms with van der Waals surface area (Å²) in [6.07, 6.45) is 1.59. The average molecular weight is 420 g/mol. The summed E-state index contributed by atoms with van der Waals surface area (Å²) in [5.41, 5.74) is 2.99. The molecule has 7 heteroatoms. The molecule has 5 rings (SSSR count). The lowest BCUT2D eigenvalue weighted by molar-refractivity contribution is 0.0690. The molecule has 6 nitrogen and oxygen atoms in total. The van der Waals surface area contributed by atoms with Gasteiger partial charge in [0.05, 0.1) is 6.04 Å². The van der Waals surface area contributed by atoms with Crippen molar-refractivity contribution in [3.63, 3.8) is 0 Å². The van der Waals surface area contributed by atoms with Crippen molar-refractivity contribution < 1.29 is 9.90 Å². The second kappa shape index (κ2) is 7.25. The SMILES string of the molecule is CCN1CN(C2c3ccccc3CSc3ccccc32)n2ccc(=O)c(O)c2C1=O. The first-order valence-corrected chi connectivity index (χ1v) is 10.9. The summed E-state index contributed by atoms with van der Waals surface area (Å²) < 4.78 is 1.65. The third-order valence-corrected chi connectivity index (χ3v) is 6.90. The fourth-order valence-electron chi connectivity index (χ4n) is 4.25. The first-order chi connectivity index (χ1) is 14.6. The van der Waals surface area contributed by atoms with Crippen LogP contribution in [-0.4, -0.2) is 33.8 Å². The Hall–Kier alpha value is -3.19. The molecular formula is C23H21N3O3S. The van der Waals surface area contributed by atoms with Crippen molar-refractivity contribution in [3.05, 3.63) is 93.4 Å². The summed E-state index contributed by atoms with van der Waals surface area (Å²) in [5.74, 6) is 0.0136. The van der Waals surface area contributed by atoms with Crippen LogP contribution < -0.4 is 10.4 Å². The second-order valence-electron chi connectivity index (χ2n) is 7.39. The van der Waals surface area contributed by atoms with Gasteiger partial charge in [0.25, 0.3) is 5.91 Å². The highest BCUT2D eigenvalue weighted by atomic mass is 32.2. The molecule has 0 bridgehead atoms. The van der Waals surface area contributed by atoms with Crippen molar-refractivity contribution in [2.75, 3.05) is 18.2 Å². The number of carbonyl (C=O) groups excluding carboxylic acids is 1. The highest BCUT2D eigenvalue weighted by Gasteiger charge is 2.37. The predicted octanol–water partition coefficient (Wildman–Crippen LogP) is 3.32. The van der Waals surface area contributed by atoms with Gasteiger partial charge in [0.1, 0.15) is 6.67 Å². The molecule has 1 amide bonds. The summed E-state index contributed by atoms with van der Waals surface area (Å²) in [6, 6.07) is 17.8. The summed E-state index contributed by atoms with van der Waals surface area (Å²) >= 11 is 1.80. The third kappa shape index (κ3) is 2.81. The maximum Gasteiger partial charge on any atom is 0.277 e. The third-order valence-electron chi connectivity index (χ3n) is 5.76. The minimum absolute atomic E-state index is 0.0162. The van der Waals surface area contributed by atoms with Gasteiger partial charge in [-0.3, -0.25) is 19.3 Å². The molecule has 0 radical (unpaired) electrons. The Morgan fingerprint density at radius 1 is 1.03 bits per heavy atom. The van der Waals surface area contributed by atoms with Crippen LogP contribution in [0.15, 0.2) is 70.5 Å². The van der Waals surface area contributed by atoms with E-state index >= 15 is 0 Å². The van der Waals surface area contributed by atoms with Crippen LogP contribution in [0.1, 0.15) is 40.1 Å². The molecule has 2 aliphatic heterocycles. The first-order valence-electron chi connectivity index (χ1n) is 9.90. The van der Waals surface area contributed by atoms with Crippen LogP contribution >= 0.6 is 11.8 Å². The molecule has 1 atom stereocenters. The minimum Gasteiger partial charge on any atom is -0.502 e. The van der Waals surface area contributed by atoms with E-state index in [1.807, 2.05) is 31.2 Å². The maximum atomic E-state index is 13.0. The number of hydrogen-bond donors (Lipinski definition) is 1. The quantitative estimate of drug-likeness (QED) is 0.690. The van der Waals surface area contributed by atoms with Crippen molar-refractivity contribution in [2.24, 2.45) is 0 Å². The predicted molar refractivity (Wildman–Crippen MR) is 116 cm³/mol. The Kier molecular flexibility index (Phi) is 4.55. The number of rotatable bonds is 2. The van der Waals surface area contributed by atoms with Crippen LogP contribution in [0, 0.1) is 0 Å². The van der Waals surface area contributed by atoms with Crippen LogP contribution in [-0.2, 0) is 5.75 Å². The fraction of sp³-hybridized carbons (Fsp3) is 0.217. The van der Waals surface area contributed by atoms with Crippen LogP contribution in [0.3, 0.4) is 0 Å². The molecule has 1 N–H and O–H groups in total. The molecule has 0 aliphatic carbocycles. The topological polar surface area (TPSA) is 65.8 Å². The molecule has 1 unspecified atom stereocenters. The zero-order chi connectivity index (χ0) is 20.8. The van der Waals surface area contributed by atoms with Gasteiger partial charge in [0, 0.05) is 29.5 Å². The number of fused-ring (bicyclic) bond motifs is 3. The highest BCUT2D eigenvalue weighted by Crippen LogP contribution is 2.42. The van der Waals surface area contributed by atoms with Gasteiger partial charge in [-0.2, -0.15) is 0 Å². The number of amides is 1. The number of nitrogens with zero attached hydrogens (tertiary/aromatic N) is 3. The Bertz CT molecular complexity index is 1160. The normalized spacial score (nSPS) is 17.8. The molecule has 0 fully saturated rings. The number of thioether (sulfide) groups is 1. The van der Waals surface area contributed by atoms with Crippen LogP contribution in [0.4, 0.5) is 0 Å². The summed E-state index contributed by atoms with van der Waals surface area (Å²) in [4.78, 5) is 27.9. The molecule has 3 heterocycles. The van der Waals surface area contributed by atoms with Crippen LogP contribution in [0.2, 0.25) is 0 Å². The maximum absolute atomic E-state index is 13.0. The lowest BCUT2D eigenvalue weighted by atomic mass is 9.94. The van der Waals surface area contributed by atoms with Gasteiger partial charge >= 0.3 is 0 Å². The zero-order valence-corrected chi connectivity index (χ0v) is 17.3. The van der Waals surface area contributed by atoms with Gasteiger partial charge < -0.3 is 10.0 Å². The number of aromatic nitrogens is 1. The summed E-state index contributed by atoms with van der Waals surface area (Å²) in [6.45, 7) is 2.72. The molecule has 0 spiro atoms. The molecule has 30 heavy (non-hydrogen) atoms. The van der Waals surface area contributed by atoms with Crippen molar-refractivity contribution in [2.45, 2.75) is 23.6 Å². The van der Waals surface area contributed by atoms with Gasteiger partial charge in [0.2, 0.25) is 5.43 Å². The monoisotopic (exact) mass is 419 g/mol. The highest BCUT2D eigenvalue weighted by molar-refractivity contribution is 7.98. The molecule has 3 aromatic rings. The molecule has 152 valence electrons. The van der Waals surface area contributed by atoms with Crippen molar-refractivity contribution in [1.29, 1.82) is 0 Å². The zero-order valence-electron chi connectivity index (χ0n) is 16.5. The Morgan fingerprint density at radius 3 is 2.57 bits per heavy atom. The number of aromatic hydroxyl groups is 1. The van der Waals surface area contributed by atoms with Gasteiger partial charge in [-0.15, -0.1) is 11.8 Å². The van der Waals surface area contributed by atoms with Crippen molar-refractivity contribution in [1.82, 2.24) is 9.58 Å². The Morgan fingerprint density at radius 2 is 1.77 bits per heavy atom. The summed E-state index contributed by atoms with van der Waals surface area (Å²) in [7, 11) is 0. The van der Waals surface area contributed by atoms with E-state index < -0.39 is 11.2 Å². The van der Waals surface area contributed by atoms with E-state index in [-0.39, 0.29) is 17.6 Å². The van der Waals surface area contributed by atoms with E-state index in [0.29, 0.717) is 13.2 Å². The molecule has 0 saturated carbocycles. The molecule has 0 saturated heterocycles. The molecule has 2 aliphatic rings. The van der Waals surface area contributed by atoms with E-state index in [4.69, 9.17) is 0 Å². The van der Waals surface area contributed by atoms with E-state index in [1.54, 1.807) is 27.5 Å². The fourth-order valence-corrected chi connectivity index (χ4v) is 5.35. The van der Waals surface area contributed by atoms with E-state index in [9.17, 15) is 14.7 Å². The van der Waals surface area contributed by atoms with E-state index in [2.05, 4.69) is 29.3 Å². The molecule has 2 aromatic carbocycles. The first kappa shape index (κ1) is 18.8.